The van der Waals surface area contributed by atoms with Gasteiger partial charge in [0.2, 0.25) is 5.91 Å². The van der Waals surface area contributed by atoms with Gasteiger partial charge >= 0.3 is 0 Å². The Labute approximate surface area is 91.4 Å². The largest absolute Gasteiger partial charge is 0.396 e. The summed E-state index contributed by atoms with van der Waals surface area (Å²) in [4.78, 5) is 11.7. The Bertz CT molecular complexity index is 209. The lowest BCUT2D eigenvalue weighted by atomic mass is 10.0. The summed E-state index contributed by atoms with van der Waals surface area (Å²) in [5, 5.41) is 14.9. The first-order chi connectivity index (χ1) is 7.15. The van der Waals surface area contributed by atoms with Crippen molar-refractivity contribution in [2.75, 3.05) is 19.7 Å². The Kier molecular flexibility index (Phi) is 5.05. The fourth-order valence-corrected chi connectivity index (χ4v) is 1.89. The molecule has 0 aromatic carbocycles. The fraction of sp³-hybridized carbons (Fsp3) is 0.909. The van der Waals surface area contributed by atoms with E-state index in [1.54, 1.807) is 0 Å². The Morgan fingerprint density at radius 2 is 2.40 bits per heavy atom. The van der Waals surface area contributed by atoms with E-state index >= 15 is 0 Å². The van der Waals surface area contributed by atoms with Crippen molar-refractivity contribution in [3.8, 4) is 0 Å². The highest BCUT2D eigenvalue weighted by Crippen LogP contribution is 2.14. The highest BCUT2D eigenvalue weighted by atomic mass is 16.3. The summed E-state index contributed by atoms with van der Waals surface area (Å²) >= 11 is 0. The van der Waals surface area contributed by atoms with E-state index in [-0.39, 0.29) is 18.6 Å². The van der Waals surface area contributed by atoms with Crippen LogP contribution in [0.2, 0.25) is 0 Å². The number of hydrogen-bond acceptors (Lipinski definition) is 3. The third-order valence-corrected chi connectivity index (χ3v) is 3.06. The predicted molar refractivity (Wildman–Crippen MR) is 59.4 cm³/mol. The lowest BCUT2D eigenvalue weighted by Gasteiger charge is -2.17. The van der Waals surface area contributed by atoms with Crippen molar-refractivity contribution in [3.63, 3.8) is 0 Å². The number of aliphatic hydroxyl groups is 1. The molecule has 1 fully saturated rings. The zero-order valence-corrected chi connectivity index (χ0v) is 9.62. The minimum Gasteiger partial charge on any atom is -0.396 e. The molecular weight excluding hydrogens is 192 g/mol. The highest BCUT2D eigenvalue weighted by Gasteiger charge is 2.28. The van der Waals surface area contributed by atoms with E-state index in [1.807, 2.05) is 6.92 Å². The third-order valence-electron chi connectivity index (χ3n) is 3.06. The Morgan fingerprint density at radius 1 is 1.67 bits per heavy atom. The molecule has 0 aromatic heterocycles. The number of carbonyl (C=O) groups excluding carboxylic acids is 1. The average Bonchev–Trinajstić information content (AvgIpc) is 2.61. The molecule has 0 radical (unpaired) electrons. The maximum Gasteiger partial charge on any atom is 0.237 e. The van der Waals surface area contributed by atoms with Crippen molar-refractivity contribution in [1.29, 1.82) is 0 Å². The van der Waals surface area contributed by atoms with Crippen LogP contribution in [0, 0.1) is 11.8 Å². The molecule has 1 aliphatic heterocycles. The van der Waals surface area contributed by atoms with E-state index < -0.39 is 0 Å². The number of nitrogens with one attached hydrogen (secondary N) is 2. The molecule has 88 valence electrons. The molecule has 4 heteroatoms. The number of amides is 1. The molecule has 1 heterocycles. The predicted octanol–water partition coefficient (Wildman–Crippen LogP) is 0.119. The normalized spacial score (nSPS) is 27.7. The van der Waals surface area contributed by atoms with Crippen molar-refractivity contribution in [1.82, 2.24) is 10.6 Å². The van der Waals surface area contributed by atoms with Gasteiger partial charge in [-0.15, -0.1) is 0 Å². The molecule has 0 saturated carbocycles. The molecule has 3 atom stereocenters. The second-order valence-electron chi connectivity index (χ2n) is 4.56. The van der Waals surface area contributed by atoms with Crippen LogP contribution in [0.5, 0.6) is 0 Å². The summed E-state index contributed by atoms with van der Waals surface area (Å²) < 4.78 is 0. The van der Waals surface area contributed by atoms with Crippen molar-refractivity contribution in [2.45, 2.75) is 32.7 Å². The molecule has 1 saturated heterocycles. The summed E-state index contributed by atoms with van der Waals surface area (Å²) in [5.74, 6) is 0.874. The number of carbonyl (C=O) groups is 1. The summed E-state index contributed by atoms with van der Waals surface area (Å²) in [6.07, 6.45) is 1.82. The van der Waals surface area contributed by atoms with E-state index in [9.17, 15) is 4.79 Å². The van der Waals surface area contributed by atoms with Crippen LogP contribution in [-0.2, 0) is 4.79 Å². The Hall–Kier alpha value is -0.610. The van der Waals surface area contributed by atoms with Crippen molar-refractivity contribution in [2.24, 2.45) is 11.8 Å². The summed E-state index contributed by atoms with van der Waals surface area (Å²) in [6.45, 7) is 5.91. The van der Waals surface area contributed by atoms with Gasteiger partial charge in [-0.1, -0.05) is 13.8 Å². The molecule has 1 rings (SSSR count). The van der Waals surface area contributed by atoms with Crippen LogP contribution in [0.4, 0.5) is 0 Å². The molecule has 0 aliphatic carbocycles. The van der Waals surface area contributed by atoms with Gasteiger partial charge in [-0.2, -0.15) is 0 Å². The molecule has 0 spiro atoms. The smallest absolute Gasteiger partial charge is 0.237 e. The van der Waals surface area contributed by atoms with Crippen LogP contribution in [0.1, 0.15) is 26.7 Å². The summed E-state index contributed by atoms with van der Waals surface area (Å²) in [7, 11) is 0. The standard InChI is InChI=1S/C11H22N2O2/c1-8(4-6-14)7-13-11(15)10-9(2)3-5-12-10/h8-10,12,14H,3-7H2,1-2H3,(H,13,15). The van der Waals surface area contributed by atoms with Gasteiger partial charge in [0, 0.05) is 13.2 Å². The highest BCUT2D eigenvalue weighted by molar-refractivity contribution is 5.82. The van der Waals surface area contributed by atoms with Crippen LogP contribution in [0.25, 0.3) is 0 Å². The quantitative estimate of drug-likeness (QED) is 0.609. The minimum atomic E-state index is -0.0219. The lowest BCUT2D eigenvalue weighted by Crippen LogP contribution is -2.44. The SMILES string of the molecule is CC(CCO)CNC(=O)C1NCCC1C. The first kappa shape index (κ1) is 12.5. The molecule has 3 unspecified atom stereocenters. The zero-order valence-electron chi connectivity index (χ0n) is 9.62. The van der Waals surface area contributed by atoms with Gasteiger partial charge < -0.3 is 15.7 Å². The molecule has 4 nitrogen and oxygen atoms in total. The molecular formula is C11H22N2O2. The number of rotatable bonds is 5. The first-order valence-corrected chi connectivity index (χ1v) is 5.77. The molecule has 0 bridgehead atoms. The fourth-order valence-electron chi connectivity index (χ4n) is 1.89. The van der Waals surface area contributed by atoms with E-state index in [0.29, 0.717) is 18.4 Å². The van der Waals surface area contributed by atoms with E-state index in [0.717, 1.165) is 19.4 Å². The second-order valence-corrected chi connectivity index (χ2v) is 4.56. The third kappa shape index (κ3) is 3.80. The molecule has 0 aromatic rings. The molecule has 1 amide bonds. The van der Waals surface area contributed by atoms with Crippen LogP contribution < -0.4 is 10.6 Å². The van der Waals surface area contributed by atoms with Gasteiger partial charge in [-0.3, -0.25) is 4.79 Å². The van der Waals surface area contributed by atoms with E-state index in [2.05, 4.69) is 17.6 Å². The Balaban J connectivity index is 2.23. The second kappa shape index (κ2) is 6.08. The molecule has 15 heavy (non-hydrogen) atoms. The van der Waals surface area contributed by atoms with Crippen molar-refractivity contribution in [3.05, 3.63) is 0 Å². The van der Waals surface area contributed by atoms with Crippen LogP contribution in [-0.4, -0.2) is 36.8 Å². The average molecular weight is 214 g/mol. The van der Waals surface area contributed by atoms with Gasteiger partial charge in [0.25, 0.3) is 0 Å². The van der Waals surface area contributed by atoms with Crippen molar-refractivity contribution >= 4 is 5.91 Å². The summed E-state index contributed by atoms with van der Waals surface area (Å²) in [6, 6.07) is -0.0219. The van der Waals surface area contributed by atoms with Gasteiger partial charge in [0.15, 0.2) is 0 Å². The summed E-state index contributed by atoms with van der Waals surface area (Å²) in [5.41, 5.74) is 0. The van der Waals surface area contributed by atoms with Gasteiger partial charge in [0.1, 0.15) is 0 Å². The number of hydrogen-bond donors (Lipinski definition) is 3. The zero-order chi connectivity index (χ0) is 11.3. The van der Waals surface area contributed by atoms with E-state index in [4.69, 9.17) is 5.11 Å². The molecule has 1 aliphatic rings. The minimum absolute atomic E-state index is 0.0219. The monoisotopic (exact) mass is 214 g/mol. The lowest BCUT2D eigenvalue weighted by molar-refractivity contribution is -0.123. The topological polar surface area (TPSA) is 61.4 Å². The van der Waals surface area contributed by atoms with Crippen LogP contribution >= 0.6 is 0 Å². The van der Waals surface area contributed by atoms with Gasteiger partial charge in [-0.25, -0.2) is 0 Å². The maximum absolute atomic E-state index is 11.7. The number of aliphatic hydroxyl groups excluding tert-OH is 1. The van der Waals surface area contributed by atoms with Gasteiger partial charge in [0.05, 0.1) is 6.04 Å². The van der Waals surface area contributed by atoms with Crippen molar-refractivity contribution < 1.29 is 9.90 Å². The van der Waals surface area contributed by atoms with Crippen LogP contribution in [0.3, 0.4) is 0 Å². The molecule has 3 N–H and O–H groups in total. The first-order valence-electron chi connectivity index (χ1n) is 5.77. The van der Waals surface area contributed by atoms with Gasteiger partial charge in [-0.05, 0) is 31.2 Å². The van der Waals surface area contributed by atoms with Crippen LogP contribution in [0.15, 0.2) is 0 Å². The Morgan fingerprint density at radius 3 is 2.93 bits per heavy atom. The van der Waals surface area contributed by atoms with E-state index in [1.165, 1.54) is 0 Å². The maximum atomic E-state index is 11.7.